The second-order valence-corrected chi connectivity index (χ2v) is 4.57. The monoisotopic (exact) mass is 223 g/mol. The predicted octanol–water partition coefficient (Wildman–Crippen LogP) is 3.33. The minimum absolute atomic E-state index is 0.0668. The van der Waals surface area contributed by atoms with Crippen LogP contribution >= 0.6 is 0 Å². The molecule has 1 aromatic rings. The van der Waals surface area contributed by atoms with Gasteiger partial charge in [-0.1, -0.05) is 25.1 Å². The summed E-state index contributed by atoms with van der Waals surface area (Å²) in [7, 11) is 0. The minimum Gasteiger partial charge on any atom is -0.290 e. The van der Waals surface area contributed by atoms with E-state index in [-0.39, 0.29) is 5.78 Å². The predicted molar refractivity (Wildman–Crippen MR) is 68.8 cm³/mol. The lowest BCUT2D eigenvalue weighted by atomic mass is 9.90. The number of aliphatic imine (C=N–C) groups is 1. The maximum absolute atomic E-state index is 11.4. The standard InChI is InChI=1S/C15H13NO/c1-10-8-11-9-12(17)6-7-14(11)16-15-5-3-2-4-13(10)15/h2-7,9-10H,8H2,1H3. The van der Waals surface area contributed by atoms with Crippen LogP contribution in [0.4, 0.5) is 5.69 Å². The molecule has 0 fully saturated rings. The summed E-state index contributed by atoms with van der Waals surface area (Å²) in [6.07, 6.45) is 6.00. The van der Waals surface area contributed by atoms with Crippen LogP contribution in [0.2, 0.25) is 0 Å². The second-order valence-electron chi connectivity index (χ2n) is 4.57. The molecular formula is C15H13NO. The molecule has 2 aliphatic rings. The summed E-state index contributed by atoms with van der Waals surface area (Å²) < 4.78 is 0. The van der Waals surface area contributed by atoms with Crippen LogP contribution in [-0.4, -0.2) is 11.5 Å². The Morgan fingerprint density at radius 3 is 2.94 bits per heavy atom. The third-order valence-corrected chi connectivity index (χ3v) is 3.29. The molecule has 1 aromatic carbocycles. The van der Waals surface area contributed by atoms with Crippen molar-refractivity contribution in [3.8, 4) is 0 Å². The van der Waals surface area contributed by atoms with E-state index >= 15 is 0 Å². The van der Waals surface area contributed by atoms with Crippen molar-refractivity contribution in [3.05, 3.63) is 53.6 Å². The molecule has 0 radical (unpaired) electrons. The summed E-state index contributed by atoms with van der Waals surface area (Å²) in [6, 6.07) is 8.20. The fourth-order valence-electron chi connectivity index (χ4n) is 2.41. The van der Waals surface area contributed by atoms with E-state index < -0.39 is 0 Å². The number of carbonyl (C=O) groups is 1. The van der Waals surface area contributed by atoms with E-state index in [9.17, 15) is 4.79 Å². The molecule has 0 aromatic heterocycles. The van der Waals surface area contributed by atoms with Crippen molar-refractivity contribution in [2.75, 3.05) is 0 Å². The molecule has 1 aliphatic heterocycles. The van der Waals surface area contributed by atoms with E-state index in [1.807, 2.05) is 24.3 Å². The van der Waals surface area contributed by atoms with E-state index in [0.29, 0.717) is 5.92 Å². The highest BCUT2D eigenvalue weighted by Crippen LogP contribution is 2.35. The first-order chi connectivity index (χ1) is 8.24. The van der Waals surface area contributed by atoms with Gasteiger partial charge in [0.2, 0.25) is 0 Å². The lowest BCUT2D eigenvalue weighted by Gasteiger charge is -2.12. The van der Waals surface area contributed by atoms with Crippen molar-refractivity contribution in [2.24, 2.45) is 4.99 Å². The van der Waals surface area contributed by atoms with Crippen LogP contribution in [0.5, 0.6) is 0 Å². The average Bonchev–Trinajstić information content (AvgIpc) is 2.46. The van der Waals surface area contributed by atoms with Crippen molar-refractivity contribution in [1.82, 2.24) is 0 Å². The third kappa shape index (κ3) is 1.76. The summed E-state index contributed by atoms with van der Waals surface area (Å²) in [5.41, 5.74) is 4.27. The van der Waals surface area contributed by atoms with Crippen LogP contribution in [0.3, 0.4) is 0 Å². The molecule has 0 spiro atoms. The molecule has 0 saturated carbocycles. The Labute approximate surface area is 100 Å². The van der Waals surface area contributed by atoms with Crippen LogP contribution in [-0.2, 0) is 4.79 Å². The fourth-order valence-corrected chi connectivity index (χ4v) is 2.41. The minimum atomic E-state index is 0.0668. The number of ketones is 1. The van der Waals surface area contributed by atoms with Crippen LogP contribution in [0, 0.1) is 0 Å². The van der Waals surface area contributed by atoms with Gasteiger partial charge in [0.25, 0.3) is 0 Å². The number of nitrogens with zero attached hydrogens (tertiary/aromatic N) is 1. The van der Waals surface area contributed by atoms with Crippen molar-refractivity contribution < 1.29 is 4.79 Å². The average molecular weight is 223 g/mol. The topological polar surface area (TPSA) is 29.4 Å². The van der Waals surface area contributed by atoms with Crippen molar-refractivity contribution in [1.29, 1.82) is 0 Å². The van der Waals surface area contributed by atoms with Gasteiger partial charge in [-0.25, -0.2) is 4.99 Å². The van der Waals surface area contributed by atoms with E-state index in [1.54, 1.807) is 12.2 Å². The highest BCUT2D eigenvalue weighted by atomic mass is 16.1. The molecule has 2 heteroatoms. The molecule has 1 unspecified atom stereocenters. The molecule has 0 N–H and O–H groups in total. The summed E-state index contributed by atoms with van der Waals surface area (Å²) in [5.74, 6) is 0.468. The summed E-state index contributed by atoms with van der Waals surface area (Å²) >= 11 is 0. The normalized spacial score (nSPS) is 22.2. The molecule has 0 bridgehead atoms. The zero-order valence-corrected chi connectivity index (χ0v) is 9.68. The fraction of sp³-hybridized carbons (Fsp3) is 0.200. The number of benzene rings is 1. The van der Waals surface area contributed by atoms with Gasteiger partial charge in [0.15, 0.2) is 5.78 Å². The maximum atomic E-state index is 11.4. The van der Waals surface area contributed by atoms with E-state index in [2.05, 4.69) is 18.0 Å². The Hall–Kier alpha value is -1.96. The lowest BCUT2D eigenvalue weighted by molar-refractivity contribution is -0.110. The third-order valence-electron chi connectivity index (χ3n) is 3.29. The maximum Gasteiger partial charge on any atom is 0.179 e. The summed E-state index contributed by atoms with van der Waals surface area (Å²) in [6.45, 7) is 2.18. The highest BCUT2D eigenvalue weighted by Gasteiger charge is 2.21. The number of allylic oxidation sites excluding steroid dienone is 4. The van der Waals surface area contributed by atoms with Gasteiger partial charge in [-0.2, -0.15) is 0 Å². The molecule has 0 saturated heterocycles. The number of para-hydroxylation sites is 1. The second kappa shape index (κ2) is 3.81. The molecule has 3 rings (SSSR count). The van der Waals surface area contributed by atoms with Gasteiger partial charge in [-0.05, 0) is 47.8 Å². The Morgan fingerprint density at radius 2 is 2.06 bits per heavy atom. The molecule has 1 heterocycles. The summed E-state index contributed by atoms with van der Waals surface area (Å²) in [5, 5.41) is 0. The molecule has 2 nitrogen and oxygen atoms in total. The molecule has 1 aliphatic carbocycles. The van der Waals surface area contributed by atoms with Gasteiger partial charge in [-0.15, -0.1) is 0 Å². The van der Waals surface area contributed by atoms with Crippen molar-refractivity contribution >= 4 is 17.2 Å². The Morgan fingerprint density at radius 1 is 1.24 bits per heavy atom. The highest BCUT2D eigenvalue weighted by molar-refractivity contribution is 6.20. The largest absolute Gasteiger partial charge is 0.290 e. The van der Waals surface area contributed by atoms with Gasteiger partial charge in [0, 0.05) is 0 Å². The van der Waals surface area contributed by atoms with Crippen LogP contribution in [0.15, 0.2) is 53.1 Å². The molecule has 84 valence electrons. The first-order valence-electron chi connectivity index (χ1n) is 5.84. The van der Waals surface area contributed by atoms with Crippen molar-refractivity contribution in [2.45, 2.75) is 19.3 Å². The molecule has 0 amide bonds. The van der Waals surface area contributed by atoms with Crippen LogP contribution < -0.4 is 0 Å². The molecule has 17 heavy (non-hydrogen) atoms. The number of carbonyl (C=O) groups excluding carboxylic acids is 1. The van der Waals surface area contributed by atoms with Gasteiger partial charge in [-0.3, -0.25) is 4.79 Å². The van der Waals surface area contributed by atoms with Gasteiger partial charge >= 0.3 is 0 Å². The van der Waals surface area contributed by atoms with E-state index in [4.69, 9.17) is 0 Å². The number of hydrogen-bond donors (Lipinski definition) is 0. The van der Waals surface area contributed by atoms with Gasteiger partial charge < -0.3 is 0 Å². The first kappa shape index (κ1) is 10.2. The number of fused-ring (bicyclic) bond motifs is 2. The van der Waals surface area contributed by atoms with Gasteiger partial charge in [0.05, 0.1) is 11.4 Å². The molecular weight excluding hydrogens is 210 g/mol. The van der Waals surface area contributed by atoms with E-state index in [0.717, 1.165) is 23.4 Å². The number of hydrogen-bond acceptors (Lipinski definition) is 2. The van der Waals surface area contributed by atoms with Crippen LogP contribution in [0.25, 0.3) is 0 Å². The lowest BCUT2D eigenvalue weighted by Crippen LogP contribution is -2.08. The zero-order chi connectivity index (χ0) is 11.8. The van der Waals surface area contributed by atoms with Crippen molar-refractivity contribution in [3.63, 3.8) is 0 Å². The van der Waals surface area contributed by atoms with Gasteiger partial charge in [0.1, 0.15) is 0 Å². The molecule has 1 atom stereocenters. The summed E-state index contributed by atoms with van der Waals surface area (Å²) in [4.78, 5) is 16.0. The Kier molecular flexibility index (Phi) is 2.29. The van der Waals surface area contributed by atoms with Crippen LogP contribution in [0.1, 0.15) is 24.8 Å². The number of rotatable bonds is 0. The van der Waals surface area contributed by atoms with E-state index in [1.165, 1.54) is 5.56 Å². The Balaban J connectivity index is 2.16. The zero-order valence-electron chi connectivity index (χ0n) is 9.68. The SMILES string of the molecule is CC1CC2=CC(=O)C=CC2=Nc2ccccc21. The first-order valence-corrected chi connectivity index (χ1v) is 5.84. The smallest absolute Gasteiger partial charge is 0.179 e. The Bertz CT molecular complexity index is 578. The quantitative estimate of drug-likeness (QED) is 0.620.